The maximum absolute atomic E-state index is 10.1. The summed E-state index contributed by atoms with van der Waals surface area (Å²) >= 11 is 1.02. The number of nitrogens with zero attached hydrogens (tertiary/aromatic N) is 1. The predicted octanol–water partition coefficient (Wildman–Crippen LogP) is 0.00268. The Labute approximate surface area is 63.0 Å². The molecule has 4 nitrogen and oxygen atoms in total. The van der Waals surface area contributed by atoms with E-state index in [0.29, 0.717) is 12.2 Å². The number of rotatable bonds is 4. The summed E-state index contributed by atoms with van der Waals surface area (Å²) in [6.45, 7) is 0. The van der Waals surface area contributed by atoms with Crippen LogP contribution in [0.5, 0.6) is 0 Å². The molecule has 0 amide bonds. The van der Waals surface area contributed by atoms with Gasteiger partial charge in [0.15, 0.2) is 0 Å². The summed E-state index contributed by atoms with van der Waals surface area (Å²) in [5.74, 6) is -0.539. The van der Waals surface area contributed by atoms with Crippen LogP contribution in [0, 0.1) is 10.7 Å². The average Bonchev–Trinajstić information content (AvgIpc) is 1.88. The van der Waals surface area contributed by atoms with E-state index in [-0.39, 0.29) is 0 Å². The van der Waals surface area contributed by atoms with Crippen molar-refractivity contribution in [3.8, 4) is 5.40 Å². The van der Waals surface area contributed by atoms with Crippen molar-refractivity contribution in [3.63, 3.8) is 0 Å². The van der Waals surface area contributed by atoms with Gasteiger partial charge in [0.05, 0.1) is 0 Å². The number of hydrogen-bond donors (Lipinski definition) is 2. The van der Waals surface area contributed by atoms with Crippen molar-refractivity contribution >= 4 is 17.7 Å². The van der Waals surface area contributed by atoms with E-state index >= 15 is 0 Å². The fourth-order valence-corrected chi connectivity index (χ4v) is 0.818. The van der Waals surface area contributed by atoms with Crippen LogP contribution in [-0.4, -0.2) is 22.9 Å². The van der Waals surface area contributed by atoms with Gasteiger partial charge >= 0.3 is 5.97 Å². The highest BCUT2D eigenvalue weighted by Gasteiger charge is 2.09. The van der Waals surface area contributed by atoms with Crippen LogP contribution in [0.25, 0.3) is 0 Å². The Morgan fingerprint density at radius 2 is 2.50 bits per heavy atom. The van der Waals surface area contributed by atoms with Gasteiger partial charge in [-0.25, -0.2) is 0 Å². The molecular formula is C5H8N2O2S. The highest BCUT2D eigenvalue weighted by Crippen LogP contribution is 2.00. The molecule has 56 valence electrons. The first-order valence-corrected chi connectivity index (χ1v) is 3.66. The molecule has 10 heavy (non-hydrogen) atoms. The van der Waals surface area contributed by atoms with Gasteiger partial charge in [-0.3, -0.25) is 4.79 Å². The first kappa shape index (κ1) is 9.27. The minimum Gasteiger partial charge on any atom is -0.480 e. The van der Waals surface area contributed by atoms with Gasteiger partial charge < -0.3 is 10.8 Å². The van der Waals surface area contributed by atoms with Gasteiger partial charge in [-0.2, -0.15) is 5.26 Å². The molecule has 1 atom stereocenters. The highest BCUT2D eigenvalue weighted by molar-refractivity contribution is 8.03. The van der Waals surface area contributed by atoms with Crippen molar-refractivity contribution < 1.29 is 9.90 Å². The summed E-state index contributed by atoms with van der Waals surface area (Å²) in [5.41, 5.74) is 5.13. The van der Waals surface area contributed by atoms with Crippen LogP contribution in [-0.2, 0) is 4.79 Å². The lowest BCUT2D eigenvalue weighted by molar-refractivity contribution is -0.138. The molecule has 0 saturated carbocycles. The molecular weight excluding hydrogens is 152 g/mol. The third kappa shape index (κ3) is 4.18. The van der Waals surface area contributed by atoms with Crippen molar-refractivity contribution in [1.82, 2.24) is 0 Å². The maximum atomic E-state index is 10.1. The first-order valence-electron chi connectivity index (χ1n) is 2.67. The number of aliphatic carboxylic acids is 1. The fraction of sp³-hybridized carbons (Fsp3) is 0.600. The molecule has 0 bridgehead atoms. The topological polar surface area (TPSA) is 87.1 Å². The van der Waals surface area contributed by atoms with Crippen LogP contribution in [0.2, 0.25) is 0 Å². The standard InChI is InChI=1S/C5H8N2O2S/c6-3-10-2-1-4(7)5(8)9/h4H,1-2,7H2,(H,8,9)/t4-/m0/s1. The van der Waals surface area contributed by atoms with Gasteiger partial charge in [-0.1, -0.05) is 0 Å². The number of carbonyl (C=O) groups is 1. The van der Waals surface area contributed by atoms with Gasteiger partial charge in [0.25, 0.3) is 0 Å². The molecule has 0 aromatic rings. The van der Waals surface area contributed by atoms with E-state index in [1.165, 1.54) is 0 Å². The third-order valence-electron chi connectivity index (χ3n) is 0.913. The Bertz CT molecular complexity index is 154. The van der Waals surface area contributed by atoms with Crippen molar-refractivity contribution in [3.05, 3.63) is 0 Å². The normalized spacial score (nSPS) is 12.0. The first-order chi connectivity index (χ1) is 4.68. The van der Waals surface area contributed by atoms with Crippen LogP contribution in [0.1, 0.15) is 6.42 Å². The minimum atomic E-state index is -1.02. The van der Waals surface area contributed by atoms with Crippen LogP contribution in [0.4, 0.5) is 0 Å². The number of thiocyanates is 1. The number of carboxylic acid groups (broad SMARTS) is 1. The summed E-state index contributed by atoms with van der Waals surface area (Å²) in [5, 5.41) is 18.1. The molecule has 0 aliphatic carbocycles. The van der Waals surface area contributed by atoms with Gasteiger partial charge in [0, 0.05) is 5.75 Å². The van der Waals surface area contributed by atoms with Gasteiger partial charge in [-0.15, -0.1) is 0 Å². The van der Waals surface area contributed by atoms with E-state index in [2.05, 4.69) is 0 Å². The Morgan fingerprint density at radius 1 is 1.90 bits per heavy atom. The van der Waals surface area contributed by atoms with E-state index < -0.39 is 12.0 Å². The van der Waals surface area contributed by atoms with E-state index in [4.69, 9.17) is 16.1 Å². The third-order valence-corrected chi connectivity index (χ3v) is 1.48. The van der Waals surface area contributed by atoms with Gasteiger partial charge in [-0.05, 0) is 18.2 Å². The van der Waals surface area contributed by atoms with E-state index in [0.717, 1.165) is 11.8 Å². The van der Waals surface area contributed by atoms with E-state index in [1.54, 1.807) is 0 Å². The maximum Gasteiger partial charge on any atom is 0.320 e. The second-order valence-corrected chi connectivity index (χ2v) is 2.55. The lowest BCUT2D eigenvalue weighted by Gasteiger charge is -2.01. The Hall–Kier alpha value is -0.730. The van der Waals surface area contributed by atoms with E-state index in [1.807, 2.05) is 5.40 Å². The van der Waals surface area contributed by atoms with Crippen LogP contribution in [0.3, 0.4) is 0 Å². The molecule has 0 aromatic heterocycles. The van der Waals surface area contributed by atoms with Crippen molar-refractivity contribution in [2.24, 2.45) is 5.73 Å². The molecule has 0 saturated heterocycles. The summed E-state index contributed by atoms with van der Waals surface area (Å²) < 4.78 is 0. The largest absolute Gasteiger partial charge is 0.480 e. The summed E-state index contributed by atoms with van der Waals surface area (Å²) in [6.07, 6.45) is 0.341. The number of hydrogen-bond acceptors (Lipinski definition) is 4. The zero-order valence-electron chi connectivity index (χ0n) is 5.28. The van der Waals surface area contributed by atoms with Crippen LogP contribution in [0.15, 0.2) is 0 Å². The predicted molar refractivity (Wildman–Crippen MR) is 38.3 cm³/mol. The van der Waals surface area contributed by atoms with Crippen molar-refractivity contribution in [1.29, 1.82) is 5.26 Å². The summed E-state index contributed by atoms with van der Waals surface area (Å²) in [4.78, 5) is 10.1. The number of nitrogens with two attached hydrogens (primary N) is 1. The Balaban J connectivity index is 3.32. The molecule has 0 unspecified atom stereocenters. The molecule has 0 fully saturated rings. The lowest BCUT2D eigenvalue weighted by atomic mass is 10.2. The molecule has 0 rings (SSSR count). The molecule has 0 aliphatic rings. The monoisotopic (exact) mass is 160 g/mol. The zero-order chi connectivity index (χ0) is 7.98. The fourth-order valence-electron chi connectivity index (χ4n) is 0.355. The second kappa shape index (κ2) is 5.09. The van der Waals surface area contributed by atoms with Crippen LogP contribution < -0.4 is 5.73 Å². The molecule has 3 N–H and O–H groups in total. The molecule has 5 heteroatoms. The lowest BCUT2D eigenvalue weighted by Crippen LogP contribution is -2.30. The van der Waals surface area contributed by atoms with E-state index in [9.17, 15) is 4.79 Å². The summed E-state index contributed by atoms with van der Waals surface area (Å²) in [7, 11) is 0. The molecule has 0 spiro atoms. The second-order valence-electron chi connectivity index (χ2n) is 1.67. The smallest absolute Gasteiger partial charge is 0.320 e. The minimum absolute atomic E-state index is 0.341. The molecule has 0 aliphatic heterocycles. The van der Waals surface area contributed by atoms with Crippen LogP contribution >= 0.6 is 11.8 Å². The Morgan fingerprint density at radius 3 is 2.90 bits per heavy atom. The molecule has 0 heterocycles. The summed E-state index contributed by atoms with van der Waals surface area (Å²) in [6, 6.07) is -0.833. The molecule has 0 radical (unpaired) electrons. The number of nitriles is 1. The van der Waals surface area contributed by atoms with Crippen molar-refractivity contribution in [2.45, 2.75) is 12.5 Å². The quantitative estimate of drug-likeness (QED) is 0.446. The van der Waals surface area contributed by atoms with Gasteiger partial charge in [0.2, 0.25) is 0 Å². The SMILES string of the molecule is N#CSCC[C@H](N)C(=O)O. The highest BCUT2D eigenvalue weighted by atomic mass is 32.2. The zero-order valence-corrected chi connectivity index (χ0v) is 6.10. The average molecular weight is 160 g/mol. The number of thioether (sulfide) groups is 1. The molecule has 0 aromatic carbocycles. The van der Waals surface area contributed by atoms with Crippen molar-refractivity contribution in [2.75, 3.05) is 5.75 Å². The Kier molecular flexibility index (Phi) is 4.72. The van der Waals surface area contributed by atoms with Gasteiger partial charge in [0.1, 0.15) is 11.4 Å². The number of carboxylic acids is 1.